The Bertz CT molecular complexity index is 1000. The highest BCUT2D eigenvalue weighted by Crippen LogP contribution is 2.33. The molecular formula is C16H10N4OS. The molecule has 0 aliphatic carbocycles. The highest BCUT2D eigenvalue weighted by atomic mass is 32.1. The molecule has 2 heterocycles. The number of fused-ring (bicyclic) bond motifs is 3. The minimum atomic E-state index is -0.371. The van der Waals surface area contributed by atoms with Gasteiger partial charge in [-0.15, -0.1) is 10.2 Å². The number of aromatic amines is 1. The van der Waals surface area contributed by atoms with Crippen LogP contribution in [0.15, 0.2) is 64.8 Å². The lowest BCUT2D eigenvalue weighted by molar-refractivity contribution is 0.0995. The molecular weight excluding hydrogens is 296 g/mol. The fourth-order valence-electron chi connectivity index (χ4n) is 2.27. The third kappa shape index (κ3) is 2.19. The van der Waals surface area contributed by atoms with Crippen LogP contribution in [0.2, 0.25) is 0 Å². The van der Waals surface area contributed by atoms with Gasteiger partial charge in [0.25, 0.3) is 5.91 Å². The van der Waals surface area contributed by atoms with E-state index in [4.69, 9.17) is 0 Å². The van der Waals surface area contributed by atoms with Gasteiger partial charge in [0, 0.05) is 16.5 Å². The summed E-state index contributed by atoms with van der Waals surface area (Å²) in [6, 6.07) is 16.8. The number of H-pyrrole nitrogens is 1. The van der Waals surface area contributed by atoms with Gasteiger partial charge in [-0.1, -0.05) is 47.7 Å². The molecule has 2 aromatic heterocycles. The molecule has 2 aromatic carbocycles. The summed E-state index contributed by atoms with van der Waals surface area (Å²) in [5, 5.41) is 9.22. The number of thiazole rings is 1. The Balaban J connectivity index is 1.67. The number of carbonyl (C=O) groups is 1. The molecule has 0 atom stereocenters. The molecule has 5 nitrogen and oxygen atoms in total. The fourth-order valence-corrected chi connectivity index (χ4v) is 3.08. The molecule has 1 N–H and O–H groups in total. The van der Waals surface area contributed by atoms with Gasteiger partial charge in [-0.05, 0) is 18.2 Å². The van der Waals surface area contributed by atoms with Crippen molar-refractivity contribution in [1.29, 1.82) is 0 Å². The third-order valence-corrected chi connectivity index (χ3v) is 4.15. The summed E-state index contributed by atoms with van der Waals surface area (Å²) < 4.78 is 0. The van der Waals surface area contributed by atoms with Gasteiger partial charge in [-0.2, -0.15) is 0 Å². The summed E-state index contributed by atoms with van der Waals surface area (Å²) >= 11 is 1.38. The maximum absolute atomic E-state index is 11.9. The summed E-state index contributed by atoms with van der Waals surface area (Å²) in [6.45, 7) is 0. The van der Waals surface area contributed by atoms with E-state index in [1.54, 1.807) is 24.3 Å². The number of para-hydroxylation sites is 1. The number of nitrogens with zero attached hydrogens (tertiary/aromatic N) is 3. The lowest BCUT2D eigenvalue weighted by Gasteiger charge is -1.91. The second-order valence-corrected chi connectivity index (χ2v) is 5.69. The summed E-state index contributed by atoms with van der Waals surface area (Å²) in [4.78, 5) is 20.6. The number of aromatic nitrogens is 2. The molecule has 0 unspecified atom stereocenters. The topological polar surface area (TPSA) is 70.5 Å². The Labute approximate surface area is 129 Å². The lowest BCUT2D eigenvalue weighted by Crippen LogP contribution is -1.91. The molecule has 0 bridgehead atoms. The SMILES string of the molecule is O=C(N=Nc1nc2c([nH]c3ccccc32)s1)c1ccccc1. The molecule has 0 aliphatic heterocycles. The van der Waals surface area contributed by atoms with Gasteiger partial charge in [0.1, 0.15) is 10.3 Å². The second-order valence-electron chi connectivity index (χ2n) is 4.72. The Hall–Kier alpha value is -2.86. The van der Waals surface area contributed by atoms with Gasteiger partial charge in [-0.3, -0.25) is 4.79 Å². The molecule has 106 valence electrons. The van der Waals surface area contributed by atoms with E-state index in [9.17, 15) is 4.79 Å². The Morgan fingerprint density at radius 2 is 1.82 bits per heavy atom. The van der Waals surface area contributed by atoms with Crippen LogP contribution in [-0.4, -0.2) is 15.9 Å². The summed E-state index contributed by atoms with van der Waals surface area (Å²) in [5.41, 5.74) is 2.42. The number of rotatable bonds is 2. The normalized spacial score (nSPS) is 11.6. The van der Waals surface area contributed by atoms with E-state index in [1.807, 2.05) is 30.3 Å². The van der Waals surface area contributed by atoms with E-state index in [0.717, 1.165) is 21.3 Å². The lowest BCUT2D eigenvalue weighted by atomic mass is 10.2. The number of benzene rings is 2. The van der Waals surface area contributed by atoms with Gasteiger partial charge in [0.15, 0.2) is 0 Å². The number of amides is 1. The average molecular weight is 306 g/mol. The van der Waals surface area contributed by atoms with Gasteiger partial charge in [0.2, 0.25) is 5.13 Å². The number of hydrogen-bond acceptors (Lipinski definition) is 4. The standard InChI is InChI=1S/C16H10N4OS/c21-14(10-6-2-1-3-7-10)19-20-16-18-13-11-8-4-5-9-12(11)17-15(13)22-16/h1-9,17H. The van der Waals surface area contributed by atoms with Crippen LogP contribution in [0.5, 0.6) is 0 Å². The summed E-state index contributed by atoms with van der Waals surface area (Å²) in [5.74, 6) is -0.371. The summed E-state index contributed by atoms with van der Waals surface area (Å²) in [6.07, 6.45) is 0. The first-order valence-corrected chi connectivity index (χ1v) is 7.51. The van der Waals surface area contributed by atoms with Crippen molar-refractivity contribution in [2.45, 2.75) is 0 Å². The predicted molar refractivity (Wildman–Crippen MR) is 86.8 cm³/mol. The minimum Gasteiger partial charge on any atom is -0.345 e. The quantitative estimate of drug-likeness (QED) is 0.545. The van der Waals surface area contributed by atoms with Crippen molar-refractivity contribution in [3.63, 3.8) is 0 Å². The molecule has 0 radical (unpaired) electrons. The molecule has 1 amide bonds. The van der Waals surface area contributed by atoms with Crippen molar-refractivity contribution < 1.29 is 4.79 Å². The predicted octanol–water partition coefficient (Wildman–Crippen LogP) is 4.70. The average Bonchev–Trinajstić information content (AvgIpc) is 3.10. The molecule has 0 saturated carbocycles. The number of azo groups is 1. The third-order valence-electron chi connectivity index (χ3n) is 3.29. The van der Waals surface area contributed by atoms with Crippen molar-refractivity contribution in [2.24, 2.45) is 10.2 Å². The van der Waals surface area contributed by atoms with E-state index in [0.29, 0.717) is 10.7 Å². The second kappa shape index (κ2) is 5.16. The first kappa shape index (κ1) is 12.8. The Morgan fingerprint density at radius 3 is 2.68 bits per heavy atom. The van der Waals surface area contributed by atoms with Crippen LogP contribution in [0.25, 0.3) is 21.3 Å². The molecule has 0 saturated heterocycles. The van der Waals surface area contributed by atoms with E-state index in [1.165, 1.54) is 11.3 Å². The van der Waals surface area contributed by atoms with E-state index in [2.05, 4.69) is 20.2 Å². The monoisotopic (exact) mass is 306 g/mol. The first-order valence-electron chi connectivity index (χ1n) is 6.69. The number of carbonyl (C=O) groups excluding carboxylic acids is 1. The zero-order valence-electron chi connectivity index (χ0n) is 11.4. The molecule has 4 rings (SSSR count). The number of hydrogen-bond donors (Lipinski definition) is 1. The highest BCUT2D eigenvalue weighted by molar-refractivity contribution is 7.21. The molecule has 0 fully saturated rings. The molecule has 4 aromatic rings. The highest BCUT2D eigenvalue weighted by Gasteiger charge is 2.10. The van der Waals surface area contributed by atoms with Crippen LogP contribution < -0.4 is 0 Å². The van der Waals surface area contributed by atoms with Crippen LogP contribution in [-0.2, 0) is 0 Å². The summed E-state index contributed by atoms with van der Waals surface area (Å²) in [7, 11) is 0. The van der Waals surface area contributed by atoms with E-state index in [-0.39, 0.29) is 5.91 Å². The molecule has 22 heavy (non-hydrogen) atoms. The zero-order chi connectivity index (χ0) is 14.9. The van der Waals surface area contributed by atoms with Crippen LogP contribution in [0.3, 0.4) is 0 Å². The molecule has 0 spiro atoms. The molecule has 6 heteroatoms. The Morgan fingerprint density at radius 1 is 1.05 bits per heavy atom. The van der Waals surface area contributed by atoms with Crippen molar-refractivity contribution in [2.75, 3.05) is 0 Å². The van der Waals surface area contributed by atoms with Gasteiger partial charge >= 0.3 is 0 Å². The first-order chi connectivity index (χ1) is 10.8. The minimum absolute atomic E-state index is 0.371. The smallest absolute Gasteiger partial charge is 0.295 e. The van der Waals surface area contributed by atoms with Crippen LogP contribution in [0.4, 0.5) is 5.13 Å². The molecule has 0 aliphatic rings. The maximum atomic E-state index is 11.9. The van der Waals surface area contributed by atoms with Crippen molar-refractivity contribution in [1.82, 2.24) is 9.97 Å². The van der Waals surface area contributed by atoms with Gasteiger partial charge < -0.3 is 4.98 Å². The van der Waals surface area contributed by atoms with Crippen molar-refractivity contribution in [3.05, 3.63) is 60.2 Å². The van der Waals surface area contributed by atoms with Crippen molar-refractivity contribution >= 4 is 43.6 Å². The van der Waals surface area contributed by atoms with E-state index < -0.39 is 0 Å². The van der Waals surface area contributed by atoms with E-state index >= 15 is 0 Å². The number of nitrogens with one attached hydrogen (secondary N) is 1. The van der Waals surface area contributed by atoms with Crippen LogP contribution in [0, 0.1) is 0 Å². The van der Waals surface area contributed by atoms with Gasteiger partial charge in [-0.25, -0.2) is 4.98 Å². The fraction of sp³-hybridized carbons (Fsp3) is 0. The van der Waals surface area contributed by atoms with Crippen LogP contribution >= 0.6 is 11.3 Å². The Kier molecular flexibility index (Phi) is 3.01. The largest absolute Gasteiger partial charge is 0.345 e. The van der Waals surface area contributed by atoms with Crippen LogP contribution in [0.1, 0.15) is 10.4 Å². The van der Waals surface area contributed by atoms with Gasteiger partial charge in [0.05, 0.1) is 0 Å². The maximum Gasteiger partial charge on any atom is 0.295 e. The zero-order valence-corrected chi connectivity index (χ0v) is 12.2. The van der Waals surface area contributed by atoms with Crippen molar-refractivity contribution in [3.8, 4) is 0 Å².